The second kappa shape index (κ2) is 7.20. The predicted octanol–water partition coefficient (Wildman–Crippen LogP) is 1.65. The largest absolute Gasteiger partial charge is 0.428 e. The van der Waals surface area contributed by atoms with Gasteiger partial charge in [-0.15, -0.1) is 0 Å². The van der Waals surface area contributed by atoms with Gasteiger partial charge >= 0.3 is 5.97 Å². The standard InChI is InChI=1S/C15H26O5/c1-10-12(14(18)20-13(10)17)11(16)8-6-4-5-7-9-15(2,3)19/h11,13,16-17,19H,4-9H2,1-3H3/t11-,13-/m0/s1. The molecule has 1 aliphatic rings. The summed E-state index contributed by atoms with van der Waals surface area (Å²) in [6.45, 7) is 5.18. The van der Waals surface area contributed by atoms with E-state index in [9.17, 15) is 20.1 Å². The Morgan fingerprint density at radius 1 is 1.25 bits per heavy atom. The molecule has 0 saturated heterocycles. The van der Waals surface area contributed by atoms with Crippen LogP contribution >= 0.6 is 0 Å². The second-order valence-electron chi connectivity index (χ2n) is 6.14. The number of aliphatic hydroxyl groups is 3. The van der Waals surface area contributed by atoms with Crippen LogP contribution in [0.1, 0.15) is 59.3 Å². The minimum Gasteiger partial charge on any atom is -0.428 e. The van der Waals surface area contributed by atoms with Crippen molar-refractivity contribution in [3.63, 3.8) is 0 Å². The molecular formula is C15H26O5. The molecule has 20 heavy (non-hydrogen) atoms. The maximum absolute atomic E-state index is 11.5. The molecule has 0 bridgehead atoms. The number of hydrogen-bond acceptors (Lipinski definition) is 5. The fourth-order valence-electron chi connectivity index (χ4n) is 2.34. The number of ether oxygens (including phenoxy) is 1. The van der Waals surface area contributed by atoms with Gasteiger partial charge in [-0.05, 0) is 33.6 Å². The molecule has 0 radical (unpaired) electrons. The van der Waals surface area contributed by atoms with Gasteiger partial charge in [0.2, 0.25) is 6.29 Å². The van der Waals surface area contributed by atoms with Crippen LogP contribution in [0.3, 0.4) is 0 Å². The Balaban J connectivity index is 2.24. The first-order valence-electron chi connectivity index (χ1n) is 7.22. The molecule has 3 N–H and O–H groups in total. The first kappa shape index (κ1) is 17.1. The lowest BCUT2D eigenvalue weighted by atomic mass is 9.97. The second-order valence-corrected chi connectivity index (χ2v) is 6.14. The third kappa shape index (κ3) is 5.23. The maximum atomic E-state index is 11.5. The van der Waals surface area contributed by atoms with Crippen LogP contribution in [0.4, 0.5) is 0 Å². The van der Waals surface area contributed by atoms with E-state index in [2.05, 4.69) is 4.74 Å². The molecule has 0 amide bonds. The molecule has 0 aromatic heterocycles. The summed E-state index contributed by atoms with van der Waals surface area (Å²) in [5.41, 5.74) is -0.0101. The number of carbonyl (C=O) groups excluding carboxylic acids is 1. The zero-order chi connectivity index (χ0) is 15.3. The van der Waals surface area contributed by atoms with Crippen molar-refractivity contribution in [2.75, 3.05) is 0 Å². The van der Waals surface area contributed by atoms with E-state index in [1.807, 2.05) is 0 Å². The topological polar surface area (TPSA) is 87.0 Å². The molecular weight excluding hydrogens is 260 g/mol. The molecule has 0 fully saturated rings. The van der Waals surface area contributed by atoms with Gasteiger partial charge in [0.15, 0.2) is 0 Å². The highest BCUT2D eigenvalue weighted by Gasteiger charge is 2.33. The van der Waals surface area contributed by atoms with Crippen molar-refractivity contribution in [1.29, 1.82) is 0 Å². The SMILES string of the molecule is CC1=C([C@@H](O)CCCCCCC(C)(C)O)C(=O)O[C@@H]1O. The Morgan fingerprint density at radius 2 is 1.85 bits per heavy atom. The minimum absolute atomic E-state index is 0.203. The van der Waals surface area contributed by atoms with Crippen LogP contribution in [0, 0.1) is 0 Å². The number of carbonyl (C=O) groups is 1. The summed E-state index contributed by atoms with van der Waals surface area (Å²) in [6.07, 6.45) is 2.84. The van der Waals surface area contributed by atoms with Crippen molar-refractivity contribution in [3.05, 3.63) is 11.1 Å². The van der Waals surface area contributed by atoms with Crippen molar-refractivity contribution < 1.29 is 24.9 Å². The Hall–Kier alpha value is -0.910. The third-order valence-corrected chi connectivity index (χ3v) is 3.58. The van der Waals surface area contributed by atoms with Gasteiger partial charge in [-0.2, -0.15) is 0 Å². The summed E-state index contributed by atoms with van der Waals surface area (Å²) in [6, 6.07) is 0. The van der Waals surface area contributed by atoms with Crippen LogP contribution in [0.25, 0.3) is 0 Å². The highest BCUT2D eigenvalue weighted by Crippen LogP contribution is 2.26. The molecule has 1 heterocycles. The van der Waals surface area contributed by atoms with Crippen LogP contribution in [0.15, 0.2) is 11.1 Å². The van der Waals surface area contributed by atoms with Crippen LogP contribution in [0.5, 0.6) is 0 Å². The number of rotatable bonds is 8. The third-order valence-electron chi connectivity index (χ3n) is 3.58. The summed E-state index contributed by atoms with van der Waals surface area (Å²) >= 11 is 0. The fraction of sp³-hybridized carbons (Fsp3) is 0.800. The zero-order valence-electron chi connectivity index (χ0n) is 12.6. The molecule has 0 aliphatic carbocycles. The first-order valence-corrected chi connectivity index (χ1v) is 7.22. The van der Waals surface area contributed by atoms with Crippen molar-refractivity contribution in [2.45, 2.75) is 77.3 Å². The van der Waals surface area contributed by atoms with Gasteiger partial charge in [0.05, 0.1) is 17.3 Å². The Morgan fingerprint density at radius 3 is 2.35 bits per heavy atom. The number of unbranched alkanes of at least 4 members (excludes halogenated alkanes) is 3. The van der Waals surface area contributed by atoms with Gasteiger partial charge in [-0.1, -0.05) is 25.7 Å². The van der Waals surface area contributed by atoms with Crippen molar-refractivity contribution in [2.24, 2.45) is 0 Å². The molecule has 1 aliphatic heterocycles. The summed E-state index contributed by atoms with van der Waals surface area (Å²) in [5, 5.41) is 28.9. The Kier molecular flexibility index (Phi) is 6.17. The van der Waals surface area contributed by atoms with E-state index in [0.717, 1.165) is 32.1 Å². The van der Waals surface area contributed by atoms with E-state index >= 15 is 0 Å². The summed E-state index contributed by atoms with van der Waals surface area (Å²) < 4.78 is 4.64. The monoisotopic (exact) mass is 286 g/mol. The molecule has 0 spiro atoms. The van der Waals surface area contributed by atoms with E-state index in [4.69, 9.17) is 0 Å². The Bertz CT molecular complexity index is 367. The molecule has 0 aromatic carbocycles. The summed E-state index contributed by atoms with van der Waals surface area (Å²) in [4.78, 5) is 11.5. The lowest BCUT2D eigenvalue weighted by molar-refractivity contribution is -0.152. The smallest absolute Gasteiger partial charge is 0.339 e. The fourth-order valence-corrected chi connectivity index (χ4v) is 2.34. The minimum atomic E-state index is -1.21. The number of aliphatic hydroxyl groups excluding tert-OH is 2. The van der Waals surface area contributed by atoms with Gasteiger partial charge in [0.25, 0.3) is 0 Å². The number of cyclic esters (lactones) is 1. The Labute approximate surface area is 120 Å². The molecule has 1 rings (SSSR count). The van der Waals surface area contributed by atoms with Crippen LogP contribution < -0.4 is 0 Å². The van der Waals surface area contributed by atoms with Crippen molar-refractivity contribution >= 4 is 5.97 Å². The van der Waals surface area contributed by atoms with E-state index < -0.39 is 24.0 Å². The lowest BCUT2D eigenvalue weighted by Gasteiger charge is -2.16. The van der Waals surface area contributed by atoms with Crippen LogP contribution in [0.2, 0.25) is 0 Å². The van der Waals surface area contributed by atoms with Gasteiger partial charge in [-0.25, -0.2) is 4.79 Å². The highest BCUT2D eigenvalue weighted by molar-refractivity contribution is 5.92. The normalized spacial score (nSPS) is 21.3. The van der Waals surface area contributed by atoms with Gasteiger partial charge in [0, 0.05) is 5.57 Å². The molecule has 5 heteroatoms. The first-order chi connectivity index (χ1) is 9.22. The van der Waals surface area contributed by atoms with Crippen molar-refractivity contribution in [1.82, 2.24) is 0 Å². The average Bonchev–Trinajstić information content (AvgIpc) is 2.56. The molecule has 2 atom stereocenters. The zero-order valence-corrected chi connectivity index (χ0v) is 12.6. The summed E-state index contributed by atoms with van der Waals surface area (Å²) in [5.74, 6) is -0.621. The average molecular weight is 286 g/mol. The van der Waals surface area contributed by atoms with E-state index in [1.54, 1.807) is 20.8 Å². The number of hydrogen-bond donors (Lipinski definition) is 3. The summed E-state index contributed by atoms with van der Waals surface area (Å²) in [7, 11) is 0. The molecule has 5 nitrogen and oxygen atoms in total. The quantitative estimate of drug-likeness (QED) is 0.466. The number of esters is 1. The van der Waals surface area contributed by atoms with Crippen molar-refractivity contribution in [3.8, 4) is 0 Å². The highest BCUT2D eigenvalue weighted by atomic mass is 16.6. The van der Waals surface area contributed by atoms with E-state index in [1.165, 1.54) is 0 Å². The lowest BCUT2D eigenvalue weighted by Crippen LogP contribution is -2.18. The maximum Gasteiger partial charge on any atom is 0.339 e. The molecule has 0 saturated carbocycles. The molecule has 116 valence electrons. The van der Waals surface area contributed by atoms with Crippen LogP contribution in [-0.4, -0.2) is 39.3 Å². The van der Waals surface area contributed by atoms with Crippen LogP contribution in [-0.2, 0) is 9.53 Å². The molecule has 0 aromatic rings. The predicted molar refractivity (Wildman–Crippen MR) is 74.8 cm³/mol. The van der Waals surface area contributed by atoms with E-state index in [0.29, 0.717) is 12.0 Å². The molecule has 0 unspecified atom stereocenters. The van der Waals surface area contributed by atoms with Gasteiger partial charge in [-0.3, -0.25) is 0 Å². The van der Waals surface area contributed by atoms with E-state index in [-0.39, 0.29) is 5.57 Å². The van der Waals surface area contributed by atoms with Gasteiger partial charge in [0.1, 0.15) is 0 Å². The van der Waals surface area contributed by atoms with Gasteiger partial charge < -0.3 is 20.1 Å².